The van der Waals surface area contributed by atoms with Crippen LogP contribution in [0, 0.1) is 17.0 Å². The van der Waals surface area contributed by atoms with E-state index >= 15 is 0 Å². The Bertz CT molecular complexity index is 571. The first-order valence-electron chi connectivity index (χ1n) is 5.54. The molecular weight excluding hydrogens is 254 g/mol. The molecule has 19 heavy (non-hydrogen) atoms. The van der Waals surface area contributed by atoms with Gasteiger partial charge >= 0.3 is 17.2 Å². The summed E-state index contributed by atoms with van der Waals surface area (Å²) in [6.45, 7) is 6.14. The van der Waals surface area contributed by atoms with Crippen LogP contribution in [0.4, 0.5) is 5.69 Å². The smallest absolute Gasteiger partial charge is 0.352 e. The maximum absolute atomic E-state index is 11.8. The molecule has 0 saturated heterocycles. The highest BCUT2D eigenvalue weighted by atomic mass is 16.6. The lowest BCUT2D eigenvalue weighted by molar-refractivity contribution is -0.386. The molecule has 1 rings (SSSR count). The van der Waals surface area contributed by atoms with E-state index in [0.717, 1.165) is 10.8 Å². The number of nitrogens with zero attached hydrogens (tertiary/aromatic N) is 3. The molecule has 0 saturated carbocycles. The monoisotopic (exact) mass is 269 g/mol. The van der Waals surface area contributed by atoms with Crippen LogP contribution in [0.1, 0.15) is 26.6 Å². The average Bonchev–Trinajstić information content (AvgIpc) is 2.21. The van der Waals surface area contributed by atoms with Crippen LogP contribution in [0.2, 0.25) is 0 Å². The van der Waals surface area contributed by atoms with Gasteiger partial charge in [-0.15, -0.1) is 0 Å². The third-order valence-electron chi connectivity index (χ3n) is 2.13. The molecule has 1 aromatic heterocycles. The van der Waals surface area contributed by atoms with E-state index in [9.17, 15) is 19.7 Å². The lowest BCUT2D eigenvalue weighted by Gasteiger charge is -2.20. The number of esters is 1. The topological polar surface area (TPSA) is 104 Å². The molecule has 8 heteroatoms. The number of carbonyl (C=O) groups is 1. The van der Waals surface area contributed by atoms with Gasteiger partial charge in [-0.1, -0.05) is 0 Å². The van der Waals surface area contributed by atoms with Gasteiger partial charge in [0, 0.05) is 0 Å². The molecule has 0 aliphatic carbocycles. The molecule has 1 aromatic rings. The summed E-state index contributed by atoms with van der Waals surface area (Å²) in [6, 6.07) is 0. The van der Waals surface area contributed by atoms with E-state index in [1.165, 1.54) is 6.92 Å². The Labute approximate surface area is 109 Å². The number of hydrogen-bond donors (Lipinski definition) is 0. The van der Waals surface area contributed by atoms with Gasteiger partial charge in [-0.05, 0) is 27.7 Å². The highest BCUT2D eigenvalue weighted by Gasteiger charge is 2.21. The third kappa shape index (κ3) is 3.87. The summed E-state index contributed by atoms with van der Waals surface area (Å²) in [4.78, 5) is 37.0. The highest BCUT2D eigenvalue weighted by molar-refractivity contribution is 5.69. The first-order chi connectivity index (χ1) is 8.61. The summed E-state index contributed by atoms with van der Waals surface area (Å²) < 4.78 is 5.98. The van der Waals surface area contributed by atoms with Crippen LogP contribution in [0.3, 0.4) is 0 Å². The van der Waals surface area contributed by atoms with Gasteiger partial charge in [0.25, 0.3) is 0 Å². The van der Waals surface area contributed by atoms with E-state index in [0.29, 0.717) is 0 Å². The summed E-state index contributed by atoms with van der Waals surface area (Å²) in [7, 11) is 0. The molecule has 0 aliphatic rings. The summed E-state index contributed by atoms with van der Waals surface area (Å²) in [5.74, 6) is -0.443. The van der Waals surface area contributed by atoms with Gasteiger partial charge in [-0.3, -0.25) is 24.3 Å². The van der Waals surface area contributed by atoms with Gasteiger partial charge < -0.3 is 4.74 Å². The molecule has 0 amide bonds. The molecule has 0 atom stereocenters. The van der Waals surface area contributed by atoms with Gasteiger partial charge in [0.05, 0.1) is 4.92 Å². The average molecular weight is 269 g/mol. The molecule has 1 heterocycles. The van der Waals surface area contributed by atoms with Crippen LogP contribution < -0.4 is 5.56 Å². The molecule has 104 valence electrons. The fraction of sp³-hybridized carbons (Fsp3) is 0.545. The van der Waals surface area contributed by atoms with E-state index < -0.39 is 34.3 Å². The van der Waals surface area contributed by atoms with Gasteiger partial charge in [0.2, 0.25) is 0 Å². The Balaban J connectivity index is 3.08. The van der Waals surface area contributed by atoms with Crippen molar-refractivity contribution in [3.63, 3.8) is 0 Å². The van der Waals surface area contributed by atoms with E-state index in [1.807, 2.05) is 0 Å². The molecule has 0 unspecified atom stereocenters. The lowest BCUT2D eigenvalue weighted by atomic mass is 10.2. The zero-order chi connectivity index (χ0) is 14.8. The van der Waals surface area contributed by atoms with Crippen molar-refractivity contribution in [2.24, 2.45) is 0 Å². The van der Waals surface area contributed by atoms with Crippen molar-refractivity contribution in [3.8, 4) is 0 Å². The summed E-state index contributed by atoms with van der Waals surface area (Å²) in [5, 5.41) is 10.6. The Kier molecular flexibility index (Phi) is 4.03. The summed E-state index contributed by atoms with van der Waals surface area (Å²) in [5.41, 5.74) is -2.24. The van der Waals surface area contributed by atoms with Gasteiger partial charge in [-0.2, -0.15) is 0 Å². The second kappa shape index (κ2) is 5.17. The Morgan fingerprint density at radius 1 is 1.53 bits per heavy atom. The number of ether oxygens (including phenoxy) is 1. The molecule has 0 spiro atoms. The number of carbonyl (C=O) groups excluding carboxylic acids is 1. The summed E-state index contributed by atoms with van der Waals surface area (Å²) in [6.07, 6.45) is 0.878. The van der Waals surface area contributed by atoms with Gasteiger partial charge in [0.1, 0.15) is 24.2 Å². The van der Waals surface area contributed by atoms with Crippen LogP contribution in [-0.4, -0.2) is 26.0 Å². The predicted octanol–water partition coefficient (Wildman–Crippen LogP) is 0.802. The zero-order valence-corrected chi connectivity index (χ0v) is 11.2. The molecule has 0 aromatic carbocycles. The second-order valence-corrected chi connectivity index (χ2v) is 4.93. The van der Waals surface area contributed by atoms with Crippen LogP contribution in [-0.2, 0) is 16.1 Å². The Morgan fingerprint density at radius 2 is 2.11 bits per heavy atom. The van der Waals surface area contributed by atoms with Crippen molar-refractivity contribution in [3.05, 3.63) is 32.5 Å². The molecule has 0 bridgehead atoms. The predicted molar refractivity (Wildman–Crippen MR) is 65.7 cm³/mol. The minimum absolute atomic E-state index is 0.210. The molecule has 0 fully saturated rings. The Morgan fingerprint density at radius 3 is 2.58 bits per heavy atom. The first-order valence-corrected chi connectivity index (χ1v) is 5.54. The number of aryl methyl sites for hydroxylation is 1. The minimum atomic E-state index is -0.872. The van der Waals surface area contributed by atoms with Crippen molar-refractivity contribution in [1.82, 2.24) is 9.55 Å². The fourth-order valence-corrected chi connectivity index (χ4v) is 1.38. The van der Waals surface area contributed by atoms with E-state index in [2.05, 4.69) is 4.98 Å². The molecule has 0 aliphatic heterocycles. The fourth-order valence-electron chi connectivity index (χ4n) is 1.38. The van der Waals surface area contributed by atoms with Gasteiger partial charge in [0.15, 0.2) is 0 Å². The van der Waals surface area contributed by atoms with E-state index in [4.69, 9.17) is 4.74 Å². The Hall–Kier alpha value is -2.25. The van der Waals surface area contributed by atoms with Crippen molar-refractivity contribution in [1.29, 1.82) is 0 Å². The number of hydrogen-bond acceptors (Lipinski definition) is 6. The van der Waals surface area contributed by atoms with Crippen LogP contribution >= 0.6 is 0 Å². The van der Waals surface area contributed by atoms with Crippen molar-refractivity contribution < 1.29 is 14.5 Å². The second-order valence-electron chi connectivity index (χ2n) is 4.93. The molecule has 0 radical (unpaired) electrons. The number of nitro groups is 1. The van der Waals surface area contributed by atoms with Gasteiger partial charge in [-0.25, -0.2) is 4.98 Å². The van der Waals surface area contributed by atoms with Crippen molar-refractivity contribution >= 4 is 11.7 Å². The largest absolute Gasteiger partial charge is 0.459 e. The maximum atomic E-state index is 11.8. The lowest BCUT2D eigenvalue weighted by Crippen LogP contribution is -2.32. The maximum Gasteiger partial charge on any atom is 0.352 e. The van der Waals surface area contributed by atoms with Crippen molar-refractivity contribution in [2.75, 3.05) is 0 Å². The van der Waals surface area contributed by atoms with Crippen LogP contribution in [0.15, 0.2) is 11.0 Å². The summed E-state index contributed by atoms with van der Waals surface area (Å²) >= 11 is 0. The standard InChI is InChI=1S/C11H15N3O5/c1-7-12-5-8(14(17)18)10(16)13(7)6-9(15)19-11(2,3)4/h5H,6H2,1-4H3. The van der Waals surface area contributed by atoms with E-state index in [-0.39, 0.29) is 5.82 Å². The quantitative estimate of drug-likeness (QED) is 0.456. The van der Waals surface area contributed by atoms with E-state index in [1.54, 1.807) is 20.8 Å². The van der Waals surface area contributed by atoms with Crippen molar-refractivity contribution in [2.45, 2.75) is 39.8 Å². The SMILES string of the molecule is Cc1ncc([N+](=O)[O-])c(=O)n1CC(=O)OC(C)(C)C. The number of rotatable bonds is 3. The van der Waals surface area contributed by atoms with Crippen LogP contribution in [0.5, 0.6) is 0 Å². The molecule has 0 N–H and O–H groups in total. The minimum Gasteiger partial charge on any atom is -0.459 e. The third-order valence-corrected chi connectivity index (χ3v) is 2.13. The highest BCUT2D eigenvalue weighted by Crippen LogP contribution is 2.08. The number of aromatic nitrogens is 2. The normalized spacial score (nSPS) is 11.2. The molecular formula is C11H15N3O5. The zero-order valence-electron chi connectivity index (χ0n) is 11.2. The first kappa shape index (κ1) is 14.8. The van der Waals surface area contributed by atoms with Crippen LogP contribution in [0.25, 0.3) is 0 Å². The molecule has 8 nitrogen and oxygen atoms in total.